The lowest BCUT2D eigenvalue weighted by Gasteiger charge is -2.19. The fourth-order valence-corrected chi connectivity index (χ4v) is 1.53. The van der Waals surface area contributed by atoms with Gasteiger partial charge >= 0.3 is 0 Å². The first-order valence-electron chi connectivity index (χ1n) is 4.72. The van der Waals surface area contributed by atoms with E-state index >= 15 is 0 Å². The second-order valence-electron chi connectivity index (χ2n) is 3.69. The third-order valence-electron chi connectivity index (χ3n) is 2.37. The molecule has 0 bridgehead atoms. The molecule has 0 aromatic carbocycles. The molecule has 0 spiro atoms. The Hall–Kier alpha value is -1.11. The van der Waals surface area contributed by atoms with Gasteiger partial charge in [-0.2, -0.15) is 0 Å². The highest BCUT2D eigenvalue weighted by atomic mass is 16.1. The molecule has 0 heterocycles. The van der Waals surface area contributed by atoms with Crippen molar-refractivity contribution in [3.8, 4) is 0 Å². The van der Waals surface area contributed by atoms with Crippen LogP contribution in [0.15, 0.2) is 36.5 Å². The molecule has 1 aliphatic carbocycles. The van der Waals surface area contributed by atoms with Crippen LogP contribution < -0.4 is 0 Å². The number of carbonyl (C=O) groups is 1. The maximum Gasteiger partial charge on any atom is 0.124 e. The second-order valence-corrected chi connectivity index (χ2v) is 3.69. The van der Waals surface area contributed by atoms with Crippen LogP contribution in [0, 0.1) is 17.8 Å². The average molecular weight is 176 g/mol. The zero-order chi connectivity index (χ0) is 9.68. The molecule has 0 fully saturated rings. The number of hydrogen-bond donors (Lipinski definition) is 0. The van der Waals surface area contributed by atoms with Gasteiger partial charge in [-0.1, -0.05) is 50.3 Å². The van der Waals surface area contributed by atoms with Crippen molar-refractivity contribution >= 4 is 6.29 Å². The maximum absolute atomic E-state index is 10.9. The van der Waals surface area contributed by atoms with Gasteiger partial charge in [0.25, 0.3) is 0 Å². The first-order chi connectivity index (χ1) is 6.25. The standard InChI is InChI=1S/C12H16O/c1-10(2)12(9-13)11-7-5-3-4-6-8-11/h3-12H,1-2H3/t12-/m0/s1. The molecule has 1 atom stereocenters. The summed E-state index contributed by atoms with van der Waals surface area (Å²) in [7, 11) is 0. The van der Waals surface area contributed by atoms with E-state index in [-0.39, 0.29) is 11.8 Å². The van der Waals surface area contributed by atoms with Crippen LogP contribution in [-0.4, -0.2) is 6.29 Å². The third-order valence-corrected chi connectivity index (χ3v) is 2.37. The van der Waals surface area contributed by atoms with Gasteiger partial charge in [-0.25, -0.2) is 0 Å². The van der Waals surface area contributed by atoms with Crippen molar-refractivity contribution in [2.45, 2.75) is 13.8 Å². The minimum Gasteiger partial charge on any atom is -0.303 e. The molecule has 1 heteroatoms. The molecule has 0 saturated carbocycles. The van der Waals surface area contributed by atoms with Crippen LogP contribution in [0.25, 0.3) is 0 Å². The Balaban J connectivity index is 2.74. The van der Waals surface area contributed by atoms with Gasteiger partial charge < -0.3 is 4.79 Å². The highest BCUT2D eigenvalue weighted by molar-refractivity contribution is 5.56. The van der Waals surface area contributed by atoms with Gasteiger partial charge in [-0.15, -0.1) is 0 Å². The van der Waals surface area contributed by atoms with E-state index in [0.717, 1.165) is 6.29 Å². The molecule has 0 radical (unpaired) electrons. The minimum atomic E-state index is 0.104. The molecule has 1 nitrogen and oxygen atoms in total. The molecule has 0 aromatic heterocycles. The number of carbonyl (C=O) groups excluding carboxylic acids is 1. The van der Waals surface area contributed by atoms with Gasteiger partial charge in [0.05, 0.1) is 0 Å². The first kappa shape index (κ1) is 9.97. The van der Waals surface area contributed by atoms with Crippen LogP contribution in [0.1, 0.15) is 13.8 Å². The molecule has 0 aliphatic heterocycles. The van der Waals surface area contributed by atoms with Crippen molar-refractivity contribution in [2.24, 2.45) is 17.8 Å². The van der Waals surface area contributed by atoms with E-state index in [1.807, 2.05) is 24.3 Å². The molecule has 0 N–H and O–H groups in total. The van der Waals surface area contributed by atoms with Gasteiger partial charge in [-0.3, -0.25) is 0 Å². The fraction of sp³-hybridized carbons (Fsp3) is 0.417. The lowest BCUT2D eigenvalue weighted by molar-refractivity contribution is -0.112. The largest absolute Gasteiger partial charge is 0.303 e. The molecule has 70 valence electrons. The van der Waals surface area contributed by atoms with Crippen molar-refractivity contribution in [2.75, 3.05) is 0 Å². The molecule has 0 aromatic rings. The van der Waals surface area contributed by atoms with Gasteiger partial charge in [0, 0.05) is 11.8 Å². The third kappa shape index (κ3) is 2.69. The normalized spacial score (nSPS) is 19.0. The Morgan fingerprint density at radius 2 is 1.62 bits per heavy atom. The monoisotopic (exact) mass is 176 g/mol. The zero-order valence-corrected chi connectivity index (χ0v) is 8.18. The zero-order valence-electron chi connectivity index (χ0n) is 8.18. The Bertz CT molecular complexity index is 230. The van der Waals surface area contributed by atoms with Crippen LogP contribution >= 0.6 is 0 Å². The SMILES string of the molecule is CC(C)[C@H](C=O)C1C=CC=CC=C1. The summed E-state index contributed by atoms with van der Waals surface area (Å²) >= 11 is 0. The predicted octanol–water partition coefficient (Wildman–Crippen LogP) is 2.76. The van der Waals surface area contributed by atoms with Crippen molar-refractivity contribution in [3.63, 3.8) is 0 Å². The maximum atomic E-state index is 10.9. The quantitative estimate of drug-likeness (QED) is 0.604. The summed E-state index contributed by atoms with van der Waals surface area (Å²) < 4.78 is 0. The Kier molecular flexibility index (Phi) is 3.69. The minimum absolute atomic E-state index is 0.104. The van der Waals surface area contributed by atoms with Crippen LogP contribution in [0.2, 0.25) is 0 Å². The smallest absolute Gasteiger partial charge is 0.124 e. The van der Waals surface area contributed by atoms with E-state index in [0.29, 0.717) is 5.92 Å². The summed E-state index contributed by atoms with van der Waals surface area (Å²) in [6.45, 7) is 4.16. The van der Waals surface area contributed by atoms with E-state index < -0.39 is 0 Å². The van der Waals surface area contributed by atoms with E-state index in [4.69, 9.17) is 0 Å². The summed E-state index contributed by atoms with van der Waals surface area (Å²) in [6.07, 6.45) is 13.2. The predicted molar refractivity (Wildman–Crippen MR) is 55.3 cm³/mol. The molecule has 0 amide bonds. The highest BCUT2D eigenvalue weighted by Crippen LogP contribution is 2.22. The molecular formula is C12H16O. The Labute approximate surface area is 79.8 Å². The van der Waals surface area contributed by atoms with E-state index in [2.05, 4.69) is 26.0 Å². The van der Waals surface area contributed by atoms with Crippen LogP contribution in [0.3, 0.4) is 0 Å². The molecule has 0 unspecified atom stereocenters. The van der Waals surface area contributed by atoms with Crippen LogP contribution in [-0.2, 0) is 4.79 Å². The lowest BCUT2D eigenvalue weighted by Crippen LogP contribution is -2.18. The topological polar surface area (TPSA) is 17.1 Å². The summed E-state index contributed by atoms with van der Waals surface area (Å²) in [5, 5.41) is 0. The number of aldehydes is 1. The second kappa shape index (κ2) is 4.80. The molecule has 1 aliphatic rings. The fourth-order valence-electron chi connectivity index (χ4n) is 1.53. The summed E-state index contributed by atoms with van der Waals surface area (Å²) in [5.41, 5.74) is 0. The Morgan fingerprint density at radius 3 is 2.00 bits per heavy atom. The molecular weight excluding hydrogens is 160 g/mol. The molecule has 13 heavy (non-hydrogen) atoms. The van der Waals surface area contributed by atoms with Crippen LogP contribution in [0.5, 0.6) is 0 Å². The van der Waals surface area contributed by atoms with E-state index in [1.165, 1.54) is 0 Å². The van der Waals surface area contributed by atoms with Gasteiger partial charge in [0.1, 0.15) is 6.29 Å². The highest BCUT2D eigenvalue weighted by Gasteiger charge is 2.19. The molecule has 1 rings (SSSR count). The van der Waals surface area contributed by atoms with Gasteiger partial charge in [-0.05, 0) is 5.92 Å². The van der Waals surface area contributed by atoms with Gasteiger partial charge in [0.15, 0.2) is 0 Å². The number of hydrogen-bond acceptors (Lipinski definition) is 1. The van der Waals surface area contributed by atoms with Crippen molar-refractivity contribution < 1.29 is 4.79 Å². The summed E-state index contributed by atoms with van der Waals surface area (Å²) in [4.78, 5) is 10.9. The van der Waals surface area contributed by atoms with Crippen molar-refractivity contribution in [3.05, 3.63) is 36.5 Å². The van der Waals surface area contributed by atoms with Crippen LogP contribution in [0.4, 0.5) is 0 Å². The summed E-state index contributed by atoms with van der Waals surface area (Å²) in [5.74, 6) is 0.759. The van der Waals surface area contributed by atoms with E-state index in [1.54, 1.807) is 0 Å². The Morgan fingerprint density at radius 1 is 1.08 bits per heavy atom. The summed E-state index contributed by atoms with van der Waals surface area (Å²) in [6, 6.07) is 0. The lowest BCUT2D eigenvalue weighted by atomic mass is 9.84. The number of rotatable bonds is 3. The number of allylic oxidation sites excluding steroid dienone is 6. The van der Waals surface area contributed by atoms with Crippen molar-refractivity contribution in [1.82, 2.24) is 0 Å². The van der Waals surface area contributed by atoms with Gasteiger partial charge in [0.2, 0.25) is 0 Å². The van der Waals surface area contributed by atoms with Crippen molar-refractivity contribution in [1.29, 1.82) is 0 Å². The van der Waals surface area contributed by atoms with E-state index in [9.17, 15) is 4.79 Å². The average Bonchev–Trinajstić information content (AvgIpc) is 2.33. The first-order valence-corrected chi connectivity index (χ1v) is 4.72. The molecule has 0 saturated heterocycles.